The van der Waals surface area contributed by atoms with Gasteiger partial charge in [-0.3, -0.25) is 0 Å². The van der Waals surface area contributed by atoms with E-state index in [4.69, 9.17) is 5.11 Å². The number of hydrogen-bond acceptors (Lipinski definition) is 2. The van der Waals surface area contributed by atoms with Crippen molar-refractivity contribution in [3.8, 4) is 5.75 Å². The van der Waals surface area contributed by atoms with Gasteiger partial charge in [0.1, 0.15) is 5.75 Å². The van der Waals surface area contributed by atoms with Crippen molar-refractivity contribution in [2.45, 2.75) is 26.2 Å². The van der Waals surface area contributed by atoms with Crippen LogP contribution in [0.25, 0.3) is 6.08 Å². The average Bonchev–Trinajstić information content (AvgIpc) is 2.12. The van der Waals surface area contributed by atoms with Gasteiger partial charge in [0.25, 0.3) is 0 Å². The first-order chi connectivity index (χ1) is 7.32. The molecule has 0 fully saturated rings. The highest BCUT2D eigenvalue weighted by atomic mass is 16.4. The molecule has 1 aromatic rings. The lowest BCUT2D eigenvalue weighted by Gasteiger charge is -2.22. The van der Waals surface area contributed by atoms with E-state index in [0.29, 0.717) is 0 Å². The minimum Gasteiger partial charge on any atom is -0.508 e. The molecule has 0 spiro atoms. The van der Waals surface area contributed by atoms with E-state index in [1.165, 1.54) is 6.08 Å². The molecule has 0 aliphatic carbocycles. The van der Waals surface area contributed by atoms with E-state index in [9.17, 15) is 9.90 Å². The van der Waals surface area contributed by atoms with E-state index in [1.807, 2.05) is 20.8 Å². The smallest absolute Gasteiger partial charge is 0.328 e. The van der Waals surface area contributed by atoms with Crippen LogP contribution in [0.15, 0.2) is 24.3 Å². The third-order valence-corrected chi connectivity index (χ3v) is 2.23. The zero-order valence-electron chi connectivity index (χ0n) is 9.69. The van der Waals surface area contributed by atoms with Crippen molar-refractivity contribution in [2.24, 2.45) is 0 Å². The zero-order chi connectivity index (χ0) is 12.3. The molecular formula is C13H16O3. The molecule has 1 rings (SSSR count). The monoisotopic (exact) mass is 220 g/mol. The van der Waals surface area contributed by atoms with Gasteiger partial charge in [0.05, 0.1) is 0 Å². The number of carbonyl (C=O) groups is 1. The summed E-state index contributed by atoms with van der Waals surface area (Å²) in [6, 6.07) is 5.10. The van der Waals surface area contributed by atoms with Gasteiger partial charge >= 0.3 is 5.97 Å². The van der Waals surface area contributed by atoms with Crippen LogP contribution in [0.2, 0.25) is 0 Å². The second-order valence-corrected chi connectivity index (χ2v) is 4.66. The largest absolute Gasteiger partial charge is 0.508 e. The molecule has 2 N–H and O–H groups in total. The quantitative estimate of drug-likeness (QED) is 0.753. The molecule has 0 saturated carbocycles. The highest BCUT2D eigenvalue weighted by Gasteiger charge is 2.20. The number of carboxylic acids is 1. The number of benzene rings is 1. The lowest BCUT2D eigenvalue weighted by atomic mass is 9.83. The number of phenols is 1. The predicted octanol–water partition coefficient (Wildman–Crippen LogP) is 2.79. The third-order valence-electron chi connectivity index (χ3n) is 2.23. The average molecular weight is 220 g/mol. The zero-order valence-corrected chi connectivity index (χ0v) is 9.69. The van der Waals surface area contributed by atoms with Gasteiger partial charge in [0.2, 0.25) is 0 Å². The van der Waals surface area contributed by atoms with Crippen LogP contribution in [0, 0.1) is 0 Å². The number of aromatic hydroxyl groups is 1. The molecule has 3 nitrogen and oxygen atoms in total. The molecule has 0 heterocycles. The summed E-state index contributed by atoms with van der Waals surface area (Å²) in [7, 11) is 0. The number of aliphatic carboxylic acids is 1. The molecule has 0 bridgehead atoms. The number of phenolic OH excluding ortho intramolecular Hbond substituents is 1. The van der Waals surface area contributed by atoms with E-state index in [1.54, 1.807) is 18.2 Å². The fraction of sp³-hybridized carbons (Fsp3) is 0.308. The summed E-state index contributed by atoms with van der Waals surface area (Å²) in [5.74, 6) is -0.803. The molecule has 0 unspecified atom stereocenters. The summed E-state index contributed by atoms with van der Waals surface area (Å²) < 4.78 is 0. The van der Waals surface area contributed by atoms with Crippen molar-refractivity contribution >= 4 is 12.0 Å². The fourth-order valence-corrected chi connectivity index (χ4v) is 1.67. The summed E-state index contributed by atoms with van der Waals surface area (Å²) in [4.78, 5) is 10.5. The fourth-order valence-electron chi connectivity index (χ4n) is 1.67. The van der Waals surface area contributed by atoms with E-state index in [-0.39, 0.29) is 11.2 Å². The Balaban J connectivity index is 3.29. The van der Waals surface area contributed by atoms with Gasteiger partial charge in [-0.15, -0.1) is 0 Å². The molecular weight excluding hydrogens is 204 g/mol. The van der Waals surface area contributed by atoms with Crippen molar-refractivity contribution in [3.63, 3.8) is 0 Å². The Bertz CT molecular complexity index is 425. The van der Waals surface area contributed by atoms with Crippen LogP contribution >= 0.6 is 0 Å². The van der Waals surface area contributed by atoms with Gasteiger partial charge in [-0.2, -0.15) is 0 Å². The lowest BCUT2D eigenvalue weighted by molar-refractivity contribution is -0.131. The minimum atomic E-state index is -0.997. The lowest BCUT2D eigenvalue weighted by Crippen LogP contribution is -2.13. The normalized spacial score (nSPS) is 11.9. The molecule has 3 heteroatoms. The van der Waals surface area contributed by atoms with Gasteiger partial charge in [-0.1, -0.05) is 32.9 Å². The molecule has 1 aromatic carbocycles. The summed E-state index contributed by atoms with van der Waals surface area (Å²) in [5.41, 5.74) is 1.26. The first kappa shape index (κ1) is 12.3. The standard InChI is InChI=1S/C13H16O3/c1-13(2,3)12-9(7-8-11(15)16)5-4-6-10(12)14/h4-8,14H,1-3H3,(H,15,16)/b8-7+. The Morgan fingerprint density at radius 2 is 1.94 bits per heavy atom. The summed E-state index contributed by atoms with van der Waals surface area (Å²) in [6.45, 7) is 5.92. The molecule has 86 valence electrons. The van der Waals surface area contributed by atoms with Crippen LogP contribution < -0.4 is 0 Å². The maximum Gasteiger partial charge on any atom is 0.328 e. The molecule has 0 amide bonds. The van der Waals surface area contributed by atoms with Gasteiger partial charge in [-0.25, -0.2) is 4.79 Å². The summed E-state index contributed by atoms with van der Waals surface area (Å²) >= 11 is 0. The van der Waals surface area contributed by atoms with Crippen molar-refractivity contribution in [1.82, 2.24) is 0 Å². The Morgan fingerprint density at radius 3 is 2.44 bits per heavy atom. The Hall–Kier alpha value is -1.77. The number of rotatable bonds is 2. The summed E-state index contributed by atoms with van der Waals surface area (Å²) in [6.07, 6.45) is 2.58. The minimum absolute atomic E-state index is 0.194. The Kier molecular flexibility index (Phi) is 3.38. The highest BCUT2D eigenvalue weighted by Crippen LogP contribution is 2.34. The van der Waals surface area contributed by atoms with Crippen molar-refractivity contribution in [2.75, 3.05) is 0 Å². The predicted molar refractivity (Wildman–Crippen MR) is 63.5 cm³/mol. The molecule has 0 aromatic heterocycles. The Morgan fingerprint density at radius 1 is 1.31 bits per heavy atom. The third kappa shape index (κ3) is 2.86. The van der Waals surface area contributed by atoms with E-state index in [2.05, 4.69) is 0 Å². The van der Waals surface area contributed by atoms with Crippen LogP contribution in [-0.2, 0) is 10.2 Å². The second-order valence-electron chi connectivity index (χ2n) is 4.66. The summed E-state index contributed by atoms with van der Waals surface area (Å²) in [5, 5.41) is 18.4. The van der Waals surface area contributed by atoms with E-state index in [0.717, 1.165) is 17.2 Å². The van der Waals surface area contributed by atoms with Gasteiger partial charge in [-0.05, 0) is 23.1 Å². The molecule has 0 radical (unpaired) electrons. The highest BCUT2D eigenvalue weighted by molar-refractivity contribution is 5.85. The van der Waals surface area contributed by atoms with E-state index >= 15 is 0 Å². The molecule has 0 saturated heterocycles. The first-order valence-corrected chi connectivity index (χ1v) is 5.06. The van der Waals surface area contributed by atoms with Crippen molar-refractivity contribution in [1.29, 1.82) is 0 Å². The van der Waals surface area contributed by atoms with Gasteiger partial charge in [0.15, 0.2) is 0 Å². The topological polar surface area (TPSA) is 57.5 Å². The SMILES string of the molecule is CC(C)(C)c1c(O)cccc1/C=C/C(=O)O. The maximum absolute atomic E-state index is 10.5. The van der Waals surface area contributed by atoms with Crippen LogP contribution in [0.3, 0.4) is 0 Å². The van der Waals surface area contributed by atoms with Crippen LogP contribution in [0.4, 0.5) is 0 Å². The van der Waals surface area contributed by atoms with Crippen molar-refractivity contribution < 1.29 is 15.0 Å². The van der Waals surface area contributed by atoms with Crippen LogP contribution in [0.5, 0.6) is 5.75 Å². The van der Waals surface area contributed by atoms with Crippen LogP contribution in [0.1, 0.15) is 31.9 Å². The maximum atomic E-state index is 10.5. The van der Waals surface area contributed by atoms with E-state index < -0.39 is 5.97 Å². The molecule has 0 atom stereocenters. The molecule has 0 aliphatic rings. The van der Waals surface area contributed by atoms with Gasteiger partial charge < -0.3 is 10.2 Å². The van der Waals surface area contributed by atoms with Crippen LogP contribution in [-0.4, -0.2) is 16.2 Å². The van der Waals surface area contributed by atoms with Gasteiger partial charge in [0, 0.05) is 11.6 Å². The second kappa shape index (κ2) is 4.39. The van der Waals surface area contributed by atoms with Crippen molar-refractivity contribution in [3.05, 3.63) is 35.4 Å². The Labute approximate surface area is 95.0 Å². The molecule has 0 aliphatic heterocycles. The first-order valence-electron chi connectivity index (χ1n) is 5.06. The number of carboxylic acid groups (broad SMARTS) is 1. The molecule has 16 heavy (non-hydrogen) atoms. The number of hydrogen-bond donors (Lipinski definition) is 2.